The Morgan fingerprint density at radius 1 is 1.06 bits per heavy atom. The molecule has 2 heterocycles. The molecule has 0 radical (unpaired) electrons. The molecular formula is C13H7BrO3. The summed E-state index contributed by atoms with van der Waals surface area (Å²) in [6, 6.07) is 10.6. The van der Waals surface area contributed by atoms with E-state index in [4.69, 9.17) is 8.83 Å². The molecule has 0 saturated heterocycles. The van der Waals surface area contributed by atoms with Crippen molar-refractivity contribution in [2.24, 2.45) is 0 Å². The van der Waals surface area contributed by atoms with Crippen LogP contribution in [0.2, 0.25) is 0 Å². The molecule has 0 bridgehead atoms. The van der Waals surface area contributed by atoms with Crippen molar-refractivity contribution in [3.63, 3.8) is 0 Å². The lowest BCUT2D eigenvalue weighted by molar-refractivity contribution is 0.535. The summed E-state index contributed by atoms with van der Waals surface area (Å²) in [5.41, 5.74) is 0.449. The van der Waals surface area contributed by atoms with Gasteiger partial charge in [-0.1, -0.05) is 12.1 Å². The summed E-state index contributed by atoms with van der Waals surface area (Å²) in [5, 5.41) is 0.551. The molecule has 17 heavy (non-hydrogen) atoms. The molecule has 3 rings (SSSR count). The average Bonchev–Trinajstić information content (AvgIpc) is 2.87. The highest BCUT2D eigenvalue weighted by atomic mass is 79.9. The Labute approximate surface area is 105 Å². The highest BCUT2D eigenvalue weighted by Crippen LogP contribution is 2.29. The normalized spacial score (nSPS) is 10.9. The lowest BCUT2D eigenvalue weighted by Crippen LogP contribution is -2.03. The first-order valence-electron chi connectivity index (χ1n) is 5.02. The number of para-hydroxylation sites is 1. The van der Waals surface area contributed by atoms with Gasteiger partial charge in [-0.25, -0.2) is 0 Å². The van der Waals surface area contributed by atoms with Gasteiger partial charge in [0.15, 0.2) is 11.5 Å². The van der Waals surface area contributed by atoms with Crippen LogP contribution in [0, 0.1) is 0 Å². The number of hydrogen-bond donors (Lipinski definition) is 0. The number of benzene rings is 1. The second-order valence-corrected chi connectivity index (χ2v) is 4.34. The zero-order valence-electron chi connectivity index (χ0n) is 8.64. The molecule has 0 aliphatic rings. The summed E-state index contributed by atoms with van der Waals surface area (Å²) in [7, 11) is 0. The minimum absolute atomic E-state index is 0.0988. The Kier molecular flexibility index (Phi) is 2.37. The fraction of sp³-hybridized carbons (Fsp3) is 0. The molecule has 0 N–H and O–H groups in total. The molecule has 0 amide bonds. The second kappa shape index (κ2) is 3.89. The number of halogens is 1. The molecule has 3 aromatic rings. The number of rotatable bonds is 1. The molecule has 0 spiro atoms. The molecule has 0 atom stereocenters. The molecule has 2 aromatic heterocycles. The molecule has 0 saturated carbocycles. The topological polar surface area (TPSA) is 43.4 Å². The van der Waals surface area contributed by atoms with Gasteiger partial charge in [-0.05, 0) is 40.2 Å². The summed E-state index contributed by atoms with van der Waals surface area (Å²) in [5.74, 6) is 0.943. The van der Waals surface area contributed by atoms with E-state index in [9.17, 15) is 4.79 Å². The molecule has 84 valence electrons. The minimum atomic E-state index is -0.0988. The zero-order valence-corrected chi connectivity index (χ0v) is 10.2. The van der Waals surface area contributed by atoms with E-state index in [1.54, 1.807) is 30.3 Å². The van der Waals surface area contributed by atoms with Gasteiger partial charge in [0.25, 0.3) is 0 Å². The molecule has 0 aliphatic carbocycles. The Hall–Kier alpha value is -1.81. The highest BCUT2D eigenvalue weighted by molar-refractivity contribution is 9.10. The maximum absolute atomic E-state index is 12.1. The Balaban J connectivity index is 2.42. The van der Waals surface area contributed by atoms with Crippen LogP contribution >= 0.6 is 15.9 Å². The van der Waals surface area contributed by atoms with Crippen molar-refractivity contribution in [2.75, 3.05) is 0 Å². The zero-order chi connectivity index (χ0) is 11.8. The Bertz CT molecular complexity index is 726. The van der Waals surface area contributed by atoms with Crippen LogP contribution in [0.25, 0.3) is 22.5 Å². The lowest BCUT2D eigenvalue weighted by Gasteiger charge is -2.02. The van der Waals surface area contributed by atoms with Crippen LogP contribution in [0.5, 0.6) is 0 Å². The van der Waals surface area contributed by atoms with E-state index in [1.165, 1.54) is 6.26 Å². The monoisotopic (exact) mass is 290 g/mol. The third kappa shape index (κ3) is 1.61. The Morgan fingerprint density at radius 2 is 1.88 bits per heavy atom. The van der Waals surface area contributed by atoms with Crippen LogP contribution in [0.15, 0.2) is 60.8 Å². The predicted molar refractivity (Wildman–Crippen MR) is 67.9 cm³/mol. The van der Waals surface area contributed by atoms with Crippen molar-refractivity contribution in [1.29, 1.82) is 0 Å². The van der Waals surface area contributed by atoms with Crippen LogP contribution in [0.1, 0.15) is 0 Å². The average molecular weight is 291 g/mol. The molecule has 3 nitrogen and oxygen atoms in total. The van der Waals surface area contributed by atoms with E-state index in [2.05, 4.69) is 15.9 Å². The van der Waals surface area contributed by atoms with Gasteiger partial charge in [0.1, 0.15) is 10.1 Å². The van der Waals surface area contributed by atoms with Gasteiger partial charge in [0.2, 0.25) is 5.43 Å². The van der Waals surface area contributed by atoms with Crippen molar-refractivity contribution in [3.8, 4) is 11.5 Å². The third-order valence-electron chi connectivity index (χ3n) is 2.49. The van der Waals surface area contributed by atoms with Gasteiger partial charge in [-0.3, -0.25) is 4.79 Å². The van der Waals surface area contributed by atoms with Crippen LogP contribution in [-0.2, 0) is 0 Å². The van der Waals surface area contributed by atoms with E-state index in [-0.39, 0.29) is 5.43 Å². The van der Waals surface area contributed by atoms with Crippen LogP contribution in [0.3, 0.4) is 0 Å². The largest absolute Gasteiger partial charge is 0.461 e. The van der Waals surface area contributed by atoms with Crippen molar-refractivity contribution >= 4 is 26.9 Å². The summed E-state index contributed by atoms with van der Waals surface area (Å²) in [4.78, 5) is 12.1. The summed E-state index contributed by atoms with van der Waals surface area (Å²) >= 11 is 3.26. The quantitative estimate of drug-likeness (QED) is 0.684. The molecular weight excluding hydrogens is 284 g/mol. The maximum Gasteiger partial charge on any atom is 0.207 e. The summed E-state index contributed by atoms with van der Waals surface area (Å²) in [6.45, 7) is 0. The molecule has 4 heteroatoms. The number of furan rings is 1. The van der Waals surface area contributed by atoms with Crippen molar-refractivity contribution in [1.82, 2.24) is 0 Å². The van der Waals surface area contributed by atoms with E-state index < -0.39 is 0 Å². The molecule has 0 aliphatic heterocycles. The van der Waals surface area contributed by atoms with Gasteiger partial charge >= 0.3 is 0 Å². The molecule has 1 aromatic carbocycles. The minimum Gasteiger partial charge on any atom is -0.461 e. The first kappa shape index (κ1) is 10.4. The fourth-order valence-electron chi connectivity index (χ4n) is 1.69. The summed E-state index contributed by atoms with van der Waals surface area (Å²) in [6.07, 6.45) is 1.54. The van der Waals surface area contributed by atoms with Crippen LogP contribution in [-0.4, -0.2) is 0 Å². The van der Waals surface area contributed by atoms with Gasteiger partial charge in [0, 0.05) is 0 Å². The van der Waals surface area contributed by atoms with Gasteiger partial charge in [0.05, 0.1) is 11.6 Å². The Morgan fingerprint density at radius 3 is 2.65 bits per heavy atom. The first-order valence-corrected chi connectivity index (χ1v) is 5.82. The fourth-order valence-corrected chi connectivity index (χ4v) is 2.18. The van der Waals surface area contributed by atoms with Crippen molar-refractivity contribution in [2.45, 2.75) is 0 Å². The highest BCUT2D eigenvalue weighted by Gasteiger charge is 2.15. The van der Waals surface area contributed by atoms with Gasteiger partial charge < -0.3 is 8.83 Å². The van der Waals surface area contributed by atoms with Gasteiger partial charge in [-0.15, -0.1) is 0 Å². The number of hydrogen-bond acceptors (Lipinski definition) is 3. The summed E-state index contributed by atoms with van der Waals surface area (Å²) < 4.78 is 11.3. The second-order valence-electron chi connectivity index (χ2n) is 3.55. The smallest absolute Gasteiger partial charge is 0.207 e. The number of fused-ring (bicyclic) bond motifs is 1. The lowest BCUT2D eigenvalue weighted by atomic mass is 10.2. The van der Waals surface area contributed by atoms with Crippen LogP contribution < -0.4 is 5.43 Å². The third-order valence-corrected chi connectivity index (χ3v) is 3.21. The van der Waals surface area contributed by atoms with E-state index in [0.29, 0.717) is 27.0 Å². The van der Waals surface area contributed by atoms with E-state index in [1.807, 2.05) is 6.07 Å². The first-order chi connectivity index (χ1) is 8.27. The van der Waals surface area contributed by atoms with Crippen molar-refractivity contribution in [3.05, 3.63) is 57.4 Å². The van der Waals surface area contributed by atoms with E-state index in [0.717, 1.165) is 0 Å². The maximum atomic E-state index is 12.1. The van der Waals surface area contributed by atoms with Crippen molar-refractivity contribution < 1.29 is 8.83 Å². The predicted octanol–water partition coefficient (Wildman–Crippen LogP) is 3.82. The molecule has 0 fully saturated rings. The van der Waals surface area contributed by atoms with Gasteiger partial charge in [-0.2, -0.15) is 0 Å². The SMILES string of the molecule is O=c1c(Br)c(-c2ccco2)oc2ccccc12. The van der Waals surface area contributed by atoms with E-state index >= 15 is 0 Å². The standard InChI is InChI=1S/C13H7BrO3/c14-11-12(15)8-4-1-2-5-9(8)17-13(11)10-6-3-7-16-10/h1-7H. The molecule has 0 unspecified atom stereocenters. The van der Waals surface area contributed by atoms with Crippen LogP contribution in [0.4, 0.5) is 0 Å².